The molecule has 1 amide bonds. The lowest BCUT2D eigenvalue weighted by Crippen LogP contribution is -2.50. The van der Waals surface area contributed by atoms with Crippen LogP contribution >= 0.6 is 0 Å². The molecule has 1 aliphatic heterocycles. The summed E-state index contributed by atoms with van der Waals surface area (Å²) in [7, 11) is 0. The second-order valence-corrected chi connectivity index (χ2v) is 5.90. The second-order valence-electron chi connectivity index (χ2n) is 5.90. The first kappa shape index (κ1) is 12.8. The highest BCUT2D eigenvalue weighted by atomic mass is 16.2. The summed E-state index contributed by atoms with van der Waals surface area (Å²) in [5, 5.41) is 6.54. The Morgan fingerprint density at radius 1 is 1.24 bits per heavy atom. The summed E-state index contributed by atoms with van der Waals surface area (Å²) in [6.45, 7) is 4.01. The largest absolute Gasteiger partial charge is 0.353 e. The molecule has 0 aromatic carbocycles. The van der Waals surface area contributed by atoms with Crippen LogP contribution in [0.1, 0.15) is 45.4 Å². The van der Waals surface area contributed by atoms with E-state index in [1.807, 2.05) is 0 Å². The smallest absolute Gasteiger partial charge is 0.226 e. The van der Waals surface area contributed by atoms with Crippen LogP contribution in [-0.4, -0.2) is 31.1 Å². The molecule has 0 atom stereocenters. The molecule has 0 unspecified atom stereocenters. The number of carbonyl (C=O) groups excluding carboxylic acids is 1. The SMILES string of the molecule is CC1(C(=O)NC2CCC(N)CC2)CCNCC1. The van der Waals surface area contributed by atoms with E-state index in [0.717, 1.165) is 51.6 Å². The molecule has 2 rings (SSSR count). The second kappa shape index (κ2) is 5.36. The number of amides is 1. The maximum Gasteiger partial charge on any atom is 0.226 e. The number of piperidine rings is 1. The molecular weight excluding hydrogens is 214 g/mol. The van der Waals surface area contributed by atoms with Gasteiger partial charge in [-0.25, -0.2) is 0 Å². The Morgan fingerprint density at radius 3 is 2.41 bits per heavy atom. The minimum Gasteiger partial charge on any atom is -0.353 e. The first-order valence-electron chi connectivity index (χ1n) is 6.87. The van der Waals surface area contributed by atoms with Crippen LogP contribution in [-0.2, 0) is 4.79 Å². The van der Waals surface area contributed by atoms with Crippen LogP contribution in [0, 0.1) is 5.41 Å². The van der Waals surface area contributed by atoms with Crippen molar-refractivity contribution in [1.82, 2.24) is 10.6 Å². The normalized spacial score (nSPS) is 33.1. The first-order chi connectivity index (χ1) is 8.10. The van der Waals surface area contributed by atoms with Gasteiger partial charge in [0, 0.05) is 17.5 Å². The zero-order valence-electron chi connectivity index (χ0n) is 10.8. The molecule has 0 bridgehead atoms. The molecule has 2 fully saturated rings. The molecular formula is C13H25N3O. The van der Waals surface area contributed by atoms with Crippen LogP contribution in [0.3, 0.4) is 0 Å². The van der Waals surface area contributed by atoms with Gasteiger partial charge < -0.3 is 16.4 Å². The fraction of sp³-hybridized carbons (Fsp3) is 0.923. The van der Waals surface area contributed by atoms with Gasteiger partial charge >= 0.3 is 0 Å². The Morgan fingerprint density at radius 2 is 1.82 bits per heavy atom. The molecule has 1 saturated carbocycles. The quantitative estimate of drug-likeness (QED) is 0.666. The average Bonchev–Trinajstić information content (AvgIpc) is 2.33. The molecule has 98 valence electrons. The topological polar surface area (TPSA) is 67.2 Å². The summed E-state index contributed by atoms with van der Waals surface area (Å²) >= 11 is 0. The lowest BCUT2D eigenvalue weighted by atomic mass is 9.79. The third-order valence-corrected chi connectivity index (χ3v) is 4.36. The Hall–Kier alpha value is -0.610. The standard InChI is InChI=1S/C13H25N3O/c1-13(6-8-15-9-7-13)12(17)16-11-4-2-10(14)3-5-11/h10-11,15H,2-9,14H2,1H3,(H,16,17). The van der Waals surface area contributed by atoms with Gasteiger partial charge in [-0.05, 0) is 51.6 Å². The van der Waals surface area contributed by atoms with Crippen molar-refractivity contribution in [3.05, 3.63) is 0 Å². The minimum atomic E-state index is -0.162. The maximum atomic E-state index is 12.3. The van der Waals surface area contributed by atoms with E-state index in [1.165, 1.54) is 0 Å². The van der Waals surface area contributed by atoms with Gasteiger partial charge in [0.25, 0.3) is 0 Å². The van der Waals surface area contributed by atoms with Gasteiger partial charge in [-0.1, -0.05) is 6.92 Å². The average molecular weight is 239 g/mol. The van der Waals surface area contributed by atoms with Crippen molar-refractivity contribution >= 4 is 5.91 Å². The zero-order valence-corrected chi connectivity index (χ0v) is 10.8. The third kappa shape index (κ3) is 3.19. The van der Waals surface area contributed by atoms with Gasteiger partial charge in [0.2, 0.25) is 5.91 Å². The summed E-state index contributed by atoms with van der Waals surface area (Å²) in [5.41, 5.74) is 5.71. The lowest BCUT2D eigenvalue weighted by molar-refractivity contribution is -0.132. The van der Waals surface area contributed by atoms with Crippen LogP contribution in [0.4, 0.5) is 0 Å². The Balaban J connectivity index is 1.83. The molecule has 1 heterocycles. The number of rotatable bonds is 2. The van der Waals surface area contributed by atoms with Gasteiger partial charge in [-0.3, -0.25) is 4.79 Å². The van der Waals surface area contributed by atoms with Crippen molar-refractivity contribution in [2.45, 2.75) is 57.5 Å². The molecule has 4 N–H and O–H groups in total. The van der Waals surface area contributed by atoms with Gasteiger partial charge in [0.15, 0.2) is 0 Å². The van der Waals surface area contributed by atoms with E-state index >= 15 is 0 Å². The first-order valence-corrected chi connectivity index (χ1v) is 6.87. The number of hydrogen-bond acceptors (Lipinski definition) is 3. The fourth-order valence-electron chi connectivity index (χ4n) is 2.83. The summed E-state index contributed by atoms with van der Waals surface area (Å²) in [6.07, 6.45) is 6.07. The fourth-order valence-corrected chi connectivity index (χ4v) is 2.83. The molecule has 4 nitrogen and oxygen atoms in total. The van der Waals surface area contributed by atoms with Crippen molar-refractivity contribution in [1.29, 1.82) is 0 Å². The molecule has 0 aromatic rings. The highest BCUT2D eigenvalue weighted by Gasteiger charge is 2.35. The molecule has 0 aromatic heterocycles. The van der Waals surface area contributed by atoms with Crippen LogP contribution < -0.4 is 16.4 Å². The van der Waals surface area contributed by atoms with Crippen molar-refractivity contribution in [2.24, 2.45) is 11.1 Å². The molecule has 0 radical (unpaired) electrons. The van der Waals surface area contributed by atoms with E-state index in [9.17, 15) is 4.79 Å². The molecule has 4 heteroatoms. The van der Waals surface area contributed by atoms with Crippen LogP contribution in [0.25, 0.3) is 0 Å². The van der Waals surface area contributed by atoms with E-state index in [2.05, 4.69) is 17.6 Å². The van der Waals surface area contributed by atoms with E-state index in [-0.39, 0.29) is 11.3 Å². The molecule has 17 heavy (non-hydrogen) atoms. The Kier molecular flexibility index (Phi) is 4.05. The van der Waals surface area contributed by atoms with Crippen molar-refractivity contribution in [3.8, 4) is 0 Å². The van der Waals surface area contributed by atoms with Gasteiger partial charge in [0.05, 0.1) is 0 Å². The van der Waals surface area contributed by atoms with E-state index in [4.69, 9.17) is 5.73 Å². The maximum absolute atomic E-state index is 12.3. The van der Waals surface area contributed by atoms with Crippen molar-refractivity contribution in [3.63, 3.8) is 0 Å². The van der Waals surface area contributed by atoms with Crippen molar-refractivity contribution < 1.29 is 4.79 Å². The predicted octanol–water partition coefficient (Wildman–Crippen LogP) is 0.762. The highest BCUT2D eigenvalue weighted by Crippen LogP contribution is 2.29. The van der Waals surface area contributed by atoms with E-state index < -0.39 is 0 Å². The molecule has 2 aliphatic rings. The lowest BCUT2D eigenvalue weighted by Gasteiger charge is -2.35. The number of hydrogen-bond donors (Lipinski definition) is 3. The number of nitrogens with two attached hydrogens (primary N) is 1. The van der Waals surface area contributed by atoms with Crippen LogP contribution in [0.2, 0.25) is 0 Å². The summed E-state index contributed by atoms with van der Waals surface area (Å²) in [6, 6.07) is 0.701. The van der Waals surface area contributed by atoms with Crippen LogP contribution in [0.15, 0.2) is 0 Å². The Labute approximate surface area is 104 Å². The summed E-state index contributed by atoms with van der Waals surface area (Å²) in [4.78, 5) is 12.3. The Bertz CT molecular complexity index is 266. The highest BCUT2D eigenvalue weighted by molar-refractivity contribution is 5.82. The van der Waals surface area contributed by atoms with Crippen LogP contribution in [0.5, 0.6) is 0 Å². The minimum absolute atomic E-state index is 0.162. The predicted molar refractivity (Wildman–Crippen MR) is 68.6 cm³/mol. The number of nitrogens with one attached hydrogen (secondary N) is 2. The number of carbonyl (C=O) groups is 1. The van der Waals surface area contributed by atoms with E-state index in [0.29, 0.717) is 12.1 Å². The third-order valence-electron chi connectivity index (χ3n) is 4.36. The molecule has 1 saturated heterocycles. The molecule has 0 spiro atoms. The monoisotopic (exact) mass is 239 g/mol. The van der Waals surface area contributed by atoms with Gasteiger partial charge in [-0.2, -0.15) is 0 Å². The van der Waals surface area contributed by atoms with Gasteiger partial charge in [-0.15, -0.1) is 0 Å². The summed E-state index contributed by atoms with van der Waals surface area (Å²) < 4.78 is 0. The van der Waals surface area contributed by atoms with E-state index in [1.54, 1.807) is 0 Å². The molecule has 1 aliphatic carbocycles. The zero-order chi connectivity index (χ0) is 12.3. The van der Waals surface area contributed by atoms with Crippen molar-refractivity contribution in [2.75, 3.05) is 13.1 Å². The van der Waals surface area contributed by atoms with Gasteiger partial charge in [0.1, 0.15) is 0 Å². The summed E-state index contributed by atoms with van der Waals surface area (Å²) in [5.74, 6) is 0.250.